The molecule has 0 bridgehead atoms. The highest BCUT2D eigenvalue weighted by Crippen LogP contribution is 2.32. The number of aliphatic hydroxyl groups excluding tert-OH is 2. The van der Waals surface area contributed by atoms with Crippen molar-refractivity contribution in [3.8, 4) is 0 Å². The molecule has 0 saturated carbocycles. The molecule has 3 N–H and O–H groups in total. The molecule has 0 aliphatic heterocycles. The van der Waals surface area contributed by atoms with Crippen LogP contribution in [0.4, 0.5) is 13.2 Å². The standard InChI is InChI=1S/C12H11F3O6/c1-21-11(20)9(17)8(16)5-2-6(10(18)19)4-7(3-5)12(13,14)15/h2-4,8-9,16-17H,1H3,(H,18,19). The van der Waals surface area contributed by atoms with Gasteiger partial charge in [-0.3, -0.25) is 0 Å². The molecule has 1 aromatic carbocycles. The summed E-state index contributed by atoms with van der Waals surface area (Å²) >= 11 is 0. The molecule has 1 aromatic rings. The number of hydrogen-bond acceptors (Lipinski definition) is 5. The van der Waals surface area contributed by atoms with Crippen LogP contribution in [0.1, 0.15) is 27.6 Å². The second kappa shape index (κ2) is 6.10. The Morgan fingerprint density at radius 1 is 1.19 bits per heavy atom. The van der Waals surface area contributed by atoms with Crippen molar-refractivity contribution in [2.75, 3.05) is 7.11 Å². The molecule has 116 valence electrons. The molecule has 0 aliphatic carbocycles. The highest BCUT2D eigenvalue weighted by Gasteiger charge is 2.34. The minimum Gasteiger partial charge on any atom is -0.478 e. The number of carboxylic acid groups (broad SMARTS) is 1. The number of hydrogen-bond donors (Lipinski definition) is 3. The van der Waals surface area contributed by atoms with E-state index >= 15 is 0 Å². The Bertz CT molecular complexity index is 554. The number of halogens is 3. The van der Waals surface area contributed by atoms with Crippen molar-refractivity contribution in [2.24, 2.45) is 0 Å². The van der Waals surface area contributed by atoms with Crippen molar-refractivity contribution in [2.45, 2.75) is 18.4 Å². The number of carbonyl (C=O) groups excluding carboxylic acids is 1. The van der Waals surface area contributed by atoms with Crippen LogP contribution in [0.15, 0.2) is 18.2 Å². The minimum absolute atomic E-state index is 0.378. The number of rotatable bonds is 4. The number of aliphatic hydroxyl groups is 2. The first-order valence-corrected chi connectivity index (χ1v) is 5.47. The topological polar surface area (TPSA) is 104 Å². The molecule has 21 heavy (non-hydrogen) atoms. The van der Waals surface area contributed by atoms with Crippen molar-refractivity contribution in [1.82, 2.24) is 0 Å². The average Bonchev–Trinajstić information content (AvgIpc) is 2.43. The summed E-state index contributed by atoms with van der Waals surface area (Å²) < 4.78 is 42.2. The second-order valence-corrected chi connectivity index (χ2v) is 4.06. The molecule has 0 aromatic heterocycles. The second-order valence-electron chi connectivity index (χ2n) is 4.06. The number of benzene rings is 1. The van der Waals surface area contributed by atoms with Crippen molar-refractivity contribution < 1.29 is 42.8 Å². The Morgan fingerprint density at radius 2 is 1.76 bits per heavy atom. The van der Waals surface area contributed by atoms with Crippen molar-refractivity contribution in [1.29, 1.82) is 0 Å². The van der Waals surface area contributed by atoms with E-state index in [0.717, 1.165) is 13.2 Å². The molecule has 0 aliphatic rings. The molecule has 0 amide bonds. The lowest BCUT2D eigenvalue weighted by molar-refractivity contribution is -0.156. The highest BCUT2D eigenvalue weighted by atomic mass is 19.4. The third kappa shape index (κ3) is 3.92. The summed E-state index contributed by atoms with van der Waals surface area (Å²) in [6.07, 6.45) is -9.05. The van der Waals surface area contributed by atoms with Crippen LogP contribution in [0.5, 0.6) is 0 Å². The number of methoxy groups -OCH3 is 1. The van der Waals surface area contributed by atoms with Gasteiger partial charge in [0, 0.05) is 0 Å². The first-order chi connectivity index (χ1) is 9.57. The molecule has 0 heterocycles. The van der Waals surface area contributed by atoms with Gasteiger partial charge in [0.15, 0.2) is 6.10 Å². The van der Waals surface area contributed by atoms with Crippen molar-refractivity contribution in [3.63, 3.8) is 0 Å². The van der Waals surface area contributed by atoms with E-state index in [9.17, 15) is 33.0 Å². The summed E-state index contributed by atoms with van der Waals surface area (Å²) in [7, 11) is 0.910. The summed E-state index contributed by atoms with van der Waals surface area (Å²) in [6.45, 7) is 0. The smallest absolute Gasteiger partial charge is 0.416 e. The first kappa shape index (κ1) is 16.9. The van der Waals surface area contributed by atoms with E-state index in [1.807, 2.05) is 0 Å². The van der Waals surface area contributed by atoms with Crippen LogP contribution in [0, 0.1) is 0 Å². The fourth-order valence-corrected chi connectivity index (χ4v) is 1.54. The molecule has 6 nitrogen and oxygen atoms in total. The van der Waals surface area contributed by atoms with E-state index < -0.39 is 47.0 Å². The van der Waals surface area contributed by atoms with Crippen LogP contribution in [0.2, 0.25) is 0 Å². The maximum Gasteiger partial charge on any atom is 0.416 e. The molecule has 0 radical (unpaired) electrons. The summed E-state index contributed by atoms with van der Waals surface area (Å²) in [4.78, 5) is 21.9. The first-order valence-electron chi connectivity index (χ1n) is 5.47. The van der Waals surface area contributed by atoms with Gasteiger partial charge in [0.25, 0.3) is 0 Å². The Labute approximate surface area is 116 Å². The lowest BCUT2D eigenvalue weighted by Gasteiger charge is -2.18. The van der Waals surface area contributed by atoms with Crippen LogP contribution in [-0.4, -0.2) is 40.5 Å². The maximum atomic E-state index is 12.7. The zero-order valence-electron chi connectivity index (χ0n) is 10.6. The number of aromatic carboxylic acids is 1. The summed E-state index contributed by atoms with van der Waals surface area (Å²) in [5.74, 6) is -2.92. The quantitative estimate of drug-likeness (QED) is 0.716. The van der Waals surface area contributed by atoms with Crippen LogP contribution in [-0.2, 0) is 15.7 Å². The van der Waals surface area contributed by atoms with E-state index in [4.69, 9.17) is 5.11 Å². The molecule has 0 saturated heterocycles. The summed E-state index contributed by atoms with van der Waals surface area (Å²) in [5, 5.41) is 27.9. The Morgan fingerprint density at radius 3 is 2.19 bits per heavy atom. The molecule has 0 fully saturated rings. The van der Waals surface area contributed by atoms with Gasteiger partial charge in [0.05, 0.1) is 18.2 Å². The van der Waals surface area contributed by atoms with Gasteiger partial charge in [-0.15, -0.1) is 0 Å². The molecule has 2 atom stereocenters. The predicted octanol–water partition coefficient (Wildman–Crippen LogP) is 0.971. The Hall–Kier alpha value is -2.13. The summed E-state index contributed by atoms with van der Waals surface area (Å²) in [6, 6.07) is 1.56. The minimum atomic E-state index is -4.85. The zero-order chi connectivity index (χ0) is 16.4. The van der Waals surface area contributed by atoms with Gasteiger partial charge < -0.3 is 20.1 Å². The molecule has 0 spiro atoms. The molecular weight excluding hydrogens is 297 g/mol. The summed E-state index contributed by atoms with van der Waals surface area (Å²) in [5.41, 5.74) is -2.63. The molecule has 1 rings (SSSR count). The highest BCUT2D eigenvalue weighted by molar-refractivity contribution is 5.88. The van der Waals surface area contributed by atoms with Crippen LogP contribution >= 0.6 is 0 Å². The average molecular weight is 308 g/mol. The lowest BCUT2D eigenvalue weighted by atomic mass is 9.98. The van der Waals surface area contributed by atoms with E-state index in [0.29, 0.717) is 12.1 Å². The normalized spacial score (nSPS) is 14.4. The van der Waals surface area contributed by atoms with Gasteiger partial charge in [0.2, 0.25) is 0 Å². The van der Waals surface area contributed by atoms with Gasteiger partial charge in [-0.1, -0.05) is 0 Å². The number of carbonyl (C=O) groups is 2. The lowest BCUT2D eigenvalue weighted by Crippen LogP contribution is -2.29. The largest absolute Gasteiger partial charge is 0.478 e. The fourth-order valence-electron chi connectivity index (χ4n) is 1.54. The Kier molecular flexibility index (Phi) is 4.92. The monoisotopic (exact) mass is 308 g/mol. The van der Waals surface area contributed by atoms with E-state index in [1.165, 1.54) is 0 Å². The predicted molar refractivity (Wildman–Crippen MR) is 61.4 cm³/mol. The number of esters is 1. The van der Waals surface area contributed by atoms with Crippen LogP contribution in [0.25, 0.3) is 0 Å². The van der Waals surface area contributed by atoms with Gasteiger partial charge in [-0.25, -0.2) is 9.59 Å². The van der Waals surface area contributed by atoms with E-state index in [1.54, 1.807) is 0 Å². The van der Waals surface area contributed by atoms with Crippen molar-refractivity contribution in [3.05, 3.63) is 34.9 Å². The van der Waals surface area contributed by atoms with Gasteiger partial charge in [-0.05, 0) is 23.8 Å². The van der Waals surface area contributed by atoms with E-state index in [-0.39, 0.29) is 0 Å². The number of ether oxygens (including phenoxy) is 1. The number of carboxylic acids is 1. The molecule has 2 unspecified atom stereocenters. The van der Waals surface area contributed by atoms with Crippen LogP contribution in [0.3, 0.4) is 0 Å². The van der Waals surface area contributed by atoms with Gasteiger partial charge in [0.1, 0.15) is 6.10 Å². The fraction of sp³-hybridized carbons (Fsp3) is 0.333. The van der Waals surface area contributed by atoms with Gasteiger partial charge >= 0.3 is 18.1 Å². The molecule has 9 heteroatoms. The number of alkyl halides is 3. The maximum absolute atomic E-state index is 12.7. The van der Waals surface area contributed by atoms with Crippen LogP contribution < -0.4 is 0 Å². The van der Waals surface area contributed by atoms with Crippen molar-refractivity contribution >= 4 is 11.9 Å². The Balaban J connectivity index is 3.32. The van der Waals surface area contributed by atoms with E-state index in [2.05, 4.69) is 4.74 Å². The molecular formula is C12H11F3O6. The SMILES string of the molecule is COC(=O)C(O)C(O)c1cc(C(=O)O)cc(C(F)(F)F)c1. The third-order valence-corrected chi connectivity index (χ3v) is 2.61. The third-order valence-electron chi connectivity index (χ3n) is 2.61. The van der Waals surface area contributed by atoms with Gasteiger partial charge in [-0.2, -0.15) is 13.2 Å². The zero-order valence-corrected chi connectivity index (χ0v) is 10.6.